The molecule has 0 saturated heterocycles. The van der Waals surface area contributed by atoms with Crippen LogP contribution in [-0.4, -0.2) is 19.0 Å². The number of aryl methyl sites for hydroxylation is 1. The minimum absolute atomic E-state index is 0.0790. The average molecular weight is 331 g/mol. The first-order chi connectivity index (χ1) is 11.1. The van der Waals surface area contributed by atoms with Crippen LogP contribution in [0.15, 0.2) is 48.5 Å². The van der Waals surface area contributed by atoms with E-state index in [1.54, 1.807) is 0 Å². The van der Waals surface area contributed by atoms with Gasteiger partial charge in [0.05, 0.1) is 0 Å². The second-order valence-electron chi connectivity index (χ2n) is 5.64. The van der Waals surface area contributed by atoms with Gasteiger partial charge in [0, 0.05) is 31.1 Å². The molecule has 0 unspecified atom stereocenters. The smallest absolute Gasteiger partial charge is 0.221 e. The molecule has 0 radical (unpaired) electrons. The van der Waals surface area contributed by atoms with Crippen molar-refractivity contribution in [3.8, 4) is 0 Å². The second kappa shape index (κ2) is 9.33. The predicted octanol–water partition coefficient (Wildman–Crippen LogP) is 3.49. The van der Waals surface area contributed by atoms with Crippen LogP contribution in [0.3, 0.4) is 0 Å². The summed E-state index contributed by atoms with van der Waals surface area (Å²) in [5.74, 6) is 0.0790. The number of benzene rings is 2. The zero-order chi connectivity index (χ0) is 16.5. The highest BCUT2D eigenvalue weighted by Gasteiger charge is 2.01. The molecule has 0 aliphatic heterocycles. The van der Waals surface area contributed by atoms with Crippen LogP contribution in [0.2, 0.25) is 5.02 Å². The van der Waals surface area contributed by atoms with Crippen molar-refractivity contribution in [2.45, 2.75) is 26.3 Å². The third-order valence-corrected chi connectivity index (χ3v) is 3.88. The summed E-state index contributed by atoms with van der Waals surface area (Å²) in [6, 6.07) is 16.1. The number of hydrogen-bond donors (Lipinski definition) is 2. The van der Waals surface area contributed by atoms with Gasteiger partial charge < -0.3 is 10.6 Å². The van der Waals surface area contributed by atoms with Crippen LogP contribution in [0.5, 0.6) is 0 Å². The van der Waals surface area contributed by atoms with Crippen molar-refractivity contribution in [1.29, 1.82) is 0 Å². The molecule has 0 aliphatic carbocycles. The number of halogens is 1. The van der Waals surface area contributed by atoms with Crippen molar-refractivity contribution in [3.05, 3.63) is 70.2 Å². The van der Waals surface area contributed by atoms with Gasteiger partial charge in [0.25, 0.3) is 0 Å². The van der Waals surface area contributed by atoms with Crippen LogP contribution in [0.1, 0.15) is 23.1 Å². The Bertz CT molecular complexity index is 608. The summed E-state index contributed by atoms with van der Waals surface area (Å²) in [5.41, 5.74) is 3.67. The number of carbonyl (C=O) groups is 1. The Balaban J connectivity index is 1.56. The molecule has 2 N–H and O–H groups in total. The minimum Gasteiger partial charge on any atom is -0.356 e. The molecule has 122 valence electrons. The van der Waals surface area contributed by atoms with E-state index in [2.05, 4.69) is 41.8 Å². The van der Waals surface area contributed by atoms with Gasteiger partial charge >= 0.3 is 0 Å². The zero-order valence-electron chi connectivity index (χ0n) is 13.4. The molecule has 0 aliphatic rings. The number of carbonyl (C=O) groups excluding carboxylic acids is 1. The highest BCUT2D eigenvalue weighted by atomic mass is 35.5. The van der Waals surface area contributed by atoms with Crippen LogP contribution < -0.4 is 10.6 Å². The van der Waals surface area contributed by atoms with Gasteiger partial charge in [0.1, 0.15) is 0 Å². The highest BCUT2D eigenvalue weighted by Crippen LogP contribution is 2.09. The van der Waals surface area contributed by atoms with Crippen LogP contribution in [-0.2, 0) is 17.8 Å². The van der Waals surface area contributed by atoms with Crippen LogP contribution in [0.25, 0.3) is 0 Å². The molecule has 2 aromatic rings. The maximum absolute atomic E-state index is 11.8. The molecule has 0 spiro atoms. The Kier molecular flexibility index (Phi) is 7.11. The van der Waals surface area contributed by atoms with Gasteiger partial charge in [-0.2, -0.15) is 0 Å². The fraction of sp³-hybridized carbons (Fsp3) is 0.316. The number of hydrogen-bond acceptors (Lipinski definition) is 2. The first kappa shape index (κ1) is 17.5. The standard InChI is InChI=1S/C19H23ClN2O/c1-15-2-4-17(5-3-15)14-21-12-11-19(23)22-13-10-16-6-8-18(20)9-7-16/h2-9,21H,10-14H2,1H3,(H,22,23). The lowest BCUT2D eigenvalue weighted by Gasteiger charge is -2.07. The monoisotopic (exact) mass is 330 g/mol. The topological polar surface area (TPSA) is 41.1 Å². The quantitative estimate of drug-likeness (QED) is 0.727. The Morgan fingerprint density at radius 2 is 1.61 bits per heavy atom. The fourth-order valence-corrected chi connectivity index (χ4v) is 2.35. The number of rotatable bonds is 8. The van der Waals surface area contributed by atoms with Gasteiger partial charge in [0.2, 0.25) is 5.91 Å². The third-order valence-electron chi connectivity index (χ3n) is 3.63. The summed E-state index contributed by atoms with van der Waals surface area (Å²) in [6.45, 7) is 4.20. The van der Waals surface area contributed by atoms with Gasteiger partial charge in [-0.25, -0.2) is 0 Å². The van der Waals surface area contributed by atoms with E-state index in [-0.39, 0.29) is 5.91 Å². The summed E-state index contributed by atoms with van der Waals surface area (Å²) in [4.78, 5) is 11.8. The molecule has 0 aromatic heterocycles. The summed E-state index contributed by atoms with van der Waals surface area (Å²) in [6.07, 6.45) is 1.31. The van der Waals surface area contributed by atoms with Gasteiger partial charge in [-0.05, 0) is 36.6 Å². The molecule has 0 heterocycles. The molecular formula is C19H23ClN2O. The van der Waals surface area contributed by atoms with E-state index in [1.165, 1.54) is 16.7 Å². The second-order valence-corrected chi connectivity index (χ2v) is 6.08. The predicted molar refractivity (Wildman–Crippen MR) is 95.7 cm³/mol. The molecule has 23 heavy (non-hydrogen) atoms. The van der Waals surface area contributed by atoms with Crippen molar-refractivity contribution in [2.24, 2.45) is 0 Å². The van der Waals surface area contributed by atoms with Crippen molar-refractivity contribution in [2.75, 3.05) is 13.1 Å². The van der Waals surface area contributed by atoms with E-state index in [1.807, 2.05) is 24.3 Å². The largest absolute Gasteiger partial charge is 0.356 e. The zero-order valence-corrected chi connectivity index (χ0v) is 14.2. The molecule has 4 heteroatoms. The van der Waals surface area contributed by atoms with Crippen LogP contribution >= 0.6 is 11.6 Å². The van der Waals surface area contributed by atoms with E-state index >= 15 is 0 Å². The summed E-state index contributed by atoms with van der Waals surface area (Å²) < 4.78 is 0. The molecule has 2 rings (SSSR count). The molecule has 0 fully saturated rings. The van der Waals surface area contributed by atoms with Crippen LogP contribution in [0.4, 0.5) is 0 Å². The Morgan fingerprint density at radius 1 is 0.957 bits per heavy atom. The Morgan fingerprint density at radius 3 is 2.30 bits per heavy atom. The van der Waals surface area contributed by atoms with E-state index in [0.717, 1.165) is 18.0 Å². The molecule has 0 saturated carbocycles. The molecule has 0 atom stereocenters. The molecule has 3 nitrogen and oxygen atoms in total. The van der Waals surface area contributed by atoms with Gasteiger partial charge in [-0.3, -0.25) is 4.79 Å². The van der Waals surface area contributed by atoms with E-state index in [4.69, 9.17) is 11.6 Å². The van der Waals surface area contributed by atoms with Gasteiger partial charge in [0.15, 0.2) is 0 Å². The maximum Gasteiger partial charge on any atom is 0.221 e. The average Bonchev–Trinajstić information content (AvgIpc) is 2.55. The van der Waals surface area contributed by atoms with Crippen molar-refractivity contribution >= 4 is 17.5 Å². The molecule has 1 amide bonds. The van der Waals surface area contributed by atoms with E-state index in [0.29, 0.717) is 19.5 Å². The first-order valence-electron chi connectivity index (χ1n) is 7.91. The SMILES string of the molecule is Cc1ccc(CNCCC(=O)NCCc2ccc(Cl)cc2)cc1. The third kappa shape index (κ3) is 6.85. The minimum atomic E-state index is 0.0790. The number of amides is 1. The lowest BCUT2D eigenvalue weighted by atomic mass is 10.1. The maximum atomic E-state index is 11.8. The highest BCUT2D eigenvalue weighted by molar-refractivity contribution is 6.30. The fourth-order valence-electron chi connectivity index (χ4n) is 2.23. The molecule has 2 aromatic carbocycles. The summed E-state index contributed by atoms with van der Waals surface area (Å²) in [5, 5.41) is 6.96. The van der Waals surface area contributed by atoms with E-state index < -0.39 is 0 Å². The van der Waals surface area contributed by atoms with Crippen molar-refractivity contribution in [3.63, 3.8) is 0 Å². The van der Waals surface area contributed by atoms with Crippen LogP contribution in [0, 0.1) is 6.92 Å². The Hall–Kier alpha value is -1.84. The Labute approximate surface area is 143 Å². The van der Waals surface area contributed by atoms with Crippen molar-refractivity contribution < 1.29 is 4.79 Å². The van der Waals surface area contributed by atoms with Gasteiger partial charge in [-0.1, -0.05) is 53.6 Å². The van der Waals surface area contributed by atoms with E-state index in [9.17, 15) is 4.79 Å². The summed E-state index contributed by atoms with van der Waals surface area (Å²) in [7, 11) is 0. The lowest BCUT2D eigenvalue weighted by molar-refractivity contribution is -0.120. The first-order valence-corrected chi connectivity index (χ1v) is 8.29. The molecular weight excluding hydrogens is 308 g/mol. The van der Waals surface area contributed by atoms with Crippen molar-refractivity contribution in [1.82, 2.24) is 10.6 Å². The van der Waals surface area contributed by atoms with Gasteiger partial charge in [-0.15, -0.1) is 0 Å². The number of nitrogens with one attached hydrogen (secondary N) is 2. The normalized spacial score (nSPS) is 10.5. The lowest BCUT2D eigenvalue weighted by Crippen LogP contribution is -2.29. The molecule has 0 bridgehead atoms. The summed E-state index contributed by atoms with van der Waals surface area (Å²) >= 11 is 5.84.